The van der Waals surface area contributed by atoms with Crippen LogP contribution in [0.2, 0.25) is 0 Å². The van der Waals surface area contributed by atoms with Crippen LogP contribution in [-0.4, -0.2) is 13.1 Å². The van der Waals surface area contributed by atoms with Crippen molar-refractivity contribution in [2.75, 3.05) is 18.0 Å². The number of nitrogens with zero attached hydrogens (tertiary/aromatic N) is 1. The zero-order chi connectivity index (χ0) is 12.0. The quantitative estimate of drug-likeness (QED) is 0.645. The fraction of sp³-hybridized carbons (Fsp3) is 0.467. The van der Waals surface area contributed by atoms with Gasteiger partial charge in [-0.25, -0.2) is 0 Å². The van der Waals surface area contributed by atoms with Crippen LogP contribution >= 0.6 is 0 Å². The summed E-state index contributed by atoms with van der Waals surface area (Å²) in [7, 11) is 0. The molecule has 1 nitrogen and oxygen atoms in total. The Morgan fingerprint density at radius 2 is 2.12 bits per heavy atom. The highest BCUT2D eigenvalue weighted by Crippen LogP contribution is 2.21. The third kappa shape index (κ3) is 3.41. The first-order valence-electron chi connectivity index (χ1n) is 6.14. The second kappa shape index (κ2) is 6.37. The molecule has 0 spiro atoms. The van der Waals surface area contributed by atoms with Crippen LogP contribution in [0, 0.1) is 0 Å². The zero-order valence-electron chi connectivity index (χ0n) is 10.7. The number of anilines is 1. The Bertz CT molecular complexity index is 328. The molecule has 1 aromatic carbocycles. The van der Waals surface area contributed by atoms with Crippen LogP contribution in [0.3, 0.4) is 0 Å². The maximum atomic E-state index is 3.78. The van der Waals surface area contributed by atoms with Crippen molar-refractivity contribution in [1.29, 1.82) is 0 Å². The van der Waals surface area contributed by atoms with Gasteiger partial charge in [-0.3, -0.25) is 0 Å². The molecule has 1 heteroatoms. The normalized spacial score (nSPS) is 10.5. The lowest BCUT2D eigenvalue weighted by molar-refractivity contribution is 0.815. The molecular weight excluding hydrogens is 194 g/mol. The van der Waals surface area contributed by atoms with Crippen molar-refractivity contribution < 1.29 is 0 Å². The molecule has 0 bridgehead atoms. The van der Waals surface area contributed by atoms with Gasteiger partial charge < -0.3 is 4.90 Å². The first-order valence-corrected chi connectivity index (χ1v) is 6.14. The molecular formula is C15H23N. The van der Waals surface area contributed by atoms with Gasteiger partial charge in [-0.05, 0) is 37.0 Å². The molecule has 0 N–H and O–H groups in total. The molecule has 0 heterocycles. The van der Waals surface area contributed by atoms with Gasteiger partial charge in [0.15, 0.2) is 0 Å². The highest BCUT2D eigenvalue weighted by Gasteiger charge is 2.05. The van der Waals surface area contributed by atoms with Crippen molar-refractivity contribution in [2.45, 2.75) is 33.1 Å². The molecule has 1 aromatic rings. The molecule has 16 heavy (non-hydrogen) atoms. The molecule has 1 rings (SSSR count). The largest absolute Gasteiger partial charge is 0.371 e. The van der Waals surface area contributed by atoms with E-state index in [0.717, 1.165) is 19.5 Å². The van der Waals surface area contributed by atoms with E-state index in [4.69, 9.17) is 0 Å². The molecule has 0 fully saturated rings. The van der Waals surface area contributed by atoms with E-state index in [0.29, 0.717) is 5.92 Å². The van der Waals surface area contributed by atoms with Crippen molar-refractivity contribution in [2.24, 2.45) is 0 Å². The fourth-order valence-electron chi connectivity index (χ4n) is 1.80. The third-order valence-electron chi connectivity index (χ3n) is 2.89. The van der Waals surface area contributed by atoms with Gasteiger partial charge >= 0.3 is 0 Å². The lowest BCUT2D eigenvalue weighted by Crippen LogP contribution is -2.23. The van der Waals surface area contributed by atoms with E-state index >= 15 is 0 Å². The summed E-state index contributed by atoms with van der Waals surface area (Å²) in [5.74, 6) is 0.595. The molecule has 0 aliphatic carbocycles. The topological polar surface area (TPSA) is 3.24 Å². The fourth-order valence-corrected chi connectivity index (χ4v) is 1.80. The van der Waals surface area contributed by atoms with Crippen molar-refractivity contribution >= 4 is 5.69 Å². The summed E-state index contributed by atoms with van der Waals surface area (Å²) in [5.41, 5.74) is 2.74. The van der Waals surface area contributed by atoms with E-state index in [2.05, 4.69) is 56.5 Å². The van der Waals surface area contributed by atoms with Gasteiger partial charge in [0.1, 0.15) is 0 Å². The van der Waals surface area contributed by atoms with Crippen LogP contribution < -0.4 is 4.90 Å². The summed E-state index contributed by atoms with van der Waals surface area (Å²) in [4.78, 5) is 2.40. The van der Waals surface area contributed by atoms with Crippen molar-refractivity contribution in [3.8, 4) is 0 Å². The summed E-state index contributed by atoms with van der Waals surface area (Å²) in [5, 5.41) is 0. The van der Waals surface area contributed by atoms with Crippen LogP contribution in [0.15, 0.2) is 36.9 Å². The Morgan fingerprint density at radius 1 is 1.38 bits per heavy atom. The van der Waals surface area contributed by atoms with E-state index < -0.39 is 0 Å². The van der Waals surface area contributed by atoms with E-state index in [1.54, 1.807) is 0 Å². The molecule has 0 atom stereocenters. The predicted octanol–water partition coefficient (Wildman–Crippen LogP) is 4.21. The molecule has 0 amide bonds. The third-order valence-corrected chi connectivity index (χ3v) is 2.89. The minimum absolute atomic E-state index is 0.595. The Morgan fingerprint density at radius 3 is 2.69 bits per heavy atom. The van der Waals surface area contributed by atoms with Crippen LogP contribution in [0.5, 0.6) is 0 Å². The summed E-state index contributed by atoms with van der Waals surface area (Å²) in [6, 6.07) is 8.85. The Labute approximate surface area is 99.8 Å². The van der Waals surface area contributed by atoms with Gasteiger partial charge in [-0.15, -0.1) is 6.58 Å². The van der Waals surface area contributed by atoms with Gasteiger partial charge in [0.2, 0.25) is 0 Å². The van der Waals surface area contributed by atoms with E-state index in [-0.39, 0.29) is 0 Å². The van der Waals surface area contributed by atoms with Gasteiger partial charge in [0, 0.05) is 18.8 Å². The van der Waals surface area contributed by atoms with Crippen LogP contribution in [-0.2, 0) is 0 Å². The van der Waals surface area contributed by atoms with Crippen LogP contribution in [0.1, 0.15) is 38.7 Å². The van der Waals surface area contributed by atoms with Gasteiger partial charge in [-0.1, -0.05) is 32.1 Å². The second-order valence-corrected chi connectivity index (χ2v) is 4.41. The standard InChI is InChI=1S/C15H23N/c1-5-7-11-16(6-2)15-10-8-9-14(12-15)13(3)4/h5,8-10,12-13H,1,6-7,11H2,2-4H3. The second-order valence-electron chi connectivity index (χ2n) is 4.41. The first-order chi connectivity index (χ1) is 7.69. The summed E-state index contributed by atoms with van der Waals surface area (Å²) in [6.45, 7) is 12.6. The number of rotatable bonds is 6. The van der Waals surface area contributed by atoms with Crippen molar-refractivity contribution in [1.82, 2.24) is 0 Å². The van der Waals surface area contributed by atoms with Gasteiger partial charge in [0.05, 0.1) is 0 Å². The molecule has 0 radical (unpaired) electrons. The molecule has 0 unspecified atom stereocenters. The van der Waals surface area contributed by atoms with E-state index in [1.165, 1.54) is 11.3 Å². The molecule has 0 saturated heterocycles. The SMILES string of the molecule is C=CCCN(CC)c1cccc(C(C)C)c1. The van der Waals surface area contributed by atoms with Crippen LogP contribution in [0.25, 0.3) is 0 Å². The predicted molar refractivity (Wildman–Crippen MR) is 73.2 cm³/mol. The minimum Gasteiger partial charge on any atom is -0.371 e. The Hall–Kier alpha value is -1.24. The average molecular weight is 217 g/mol. The average Bonchev–Trinajstić information content (AvgIpc) is 2.30. The van der Waals surface area contributed by atoms with Crippen molar-refractivity contribution in [3.05, 3.63) is 42.5 Å². The maximum Gasteiger partial charge on any atom is 0.0369 e. The monoisotopic (exact) mass is 217 g/mol. The lowest BCUT2D eigenvalue weighted by Gasteiger charge is -2.23. The highest BCUT2D eigenvalue weighted by atomic mass is 15.1. The molecule has 0 aliphatic rings. The zero-order valence-corrected chi connectivity index (χ0v) is 10.7. The molecule has 0 aliphatic heterocycles. The lowest BCUT2D eigenvalue weighted by atomic mass is 10.0. The number of benzene rings is 1. The highest BCUT2D eigenvalue weighted by molar-refractivity contribution is 5.49. The summed E-state index contributed by atoms with van der Waals surface area (Å²) < 4.78 is 0. The molecule has 0 aromatic heterocycles. The van der Waals surface area contributed by atoms with Crippen molar-refractivity contribution in [3.63, 3.8) is 0 Å². The molecule has 88 valence electrons. The minimum atomic E-state index is 0.595. The van der Waals surface area contributed by atoms with E-state index in [9.17, 15) is 0 Å². The summed E-state index contributed by atoms with van der Waals surface area (Å²) in [6.07, 6.45) is 3.02. The maximum absolute atomic E-state index is 3.78. The number of hydrogen-bond donors (Lipinski definition) is 0. The van der Waals surface area contributed by atoms with Crippen LogP contribution in [0.4, 0.5) is 5.69 Å². The number of hydrogen-bond acceptors (Lipinski definition) is 1. The summed E-state index contributed by atoms with van der Waals surface area (Å²) >= 11 is 0. The van der Waals surface area contributed by atoms with Gasteiger partial charge in [0.25, 0.3) is 0 Å². The Kier molecular flexibility index (Phi) is 5.10. The van der Waals surface area contributed by atoms with Gasteiger partial charge in [-0.2, -0.15) is 0 Å². The first kappa shape index (κ1) is 12.8. The Balaban J connectivity index is 2.83. The van der Waals surface area contributed by atoms with E-state index in [1.807, 2.05) is 6.08 Å². The smallest absolute Gasteiger partial charge is 0.0369 e. The molecule has 0 saturated carbocycles.